The highest BCUT2D eigenvalue weighted by molar-refractivity contribution is 5.76. The van der Waals surface area contributed by atoms with Crippen LogP contribution >= 0.6 is 0 Å². The summed E-state index contributed by atoms with van der Waals surface area (Å²) < 4.78 is 11.3. The van der Waals surface area contributed by atoms with Crippen LogP contribution in [0.25, 0.3) is 11.1 Å². The van der Waals surface area contributed by atoms with Gasteiger partial charge in [-0.3, -0.25) is 5.10 Å². The fourth-order valence-electron chi connectivity index (χ4n) is 3.43. The third-order valence-corrected chi connectivity index (χ3v) is 5.13. The van der Waals surface area contributed by atoms with Crippen molar-refractivity contribution in [3.8, 4) is 16.9 Å². The quantitative estimate of drug-likeness (QED) is 0.711. The molecular weight excluding hydrogens is 354 g/mol. The number of pyridine rings is 1. The van der Waals surface area contributed by atoms with Gasteiger partial charge < -0.3 is 14.4 Å². The normalized spacial score (nSPS) is 16.9. The summed E-state index contributed by atoms with van der Waals surface area (Å²) in [5.74, 6) is 4.05. The summed E-state index contributed by atoms with van der Waals surface area (Å²) in [6.45, 7) is 3.61. The van der Waals surface area contributed by atoms with Crippen molar-refractivity contribution in [3.63, 3.8) is 0 Å². The molecule has 5 rings (SSSR count). The van der Waals surface area contributed by atoms with Crippen LogP contribution < -0.4 is 9.64 Å². The van der Waals surface area contributed by atoms with Crippen molar-refractivity contribution < 1.29 is 9.47 Å². The molecule has 28 heavy (non-hydrogen) atoms. The Kier molecular flexibility index (Phi) is 4.66. The maximum atomic E-state index is 5.87. The standard InChI is InChI=1S/C21H23N5O2/c1-2-18(21(22-9-1)26-10-12-27-13-11-26)15-5-7-17(8-6-15)28-14-19-23-20(25-24-19)16-3-4-16/h1-2,5-9,16H,3-4,10-14H2,(H,23,24,25). The van der Waals surface area contributed by atoms with Crippen LogP contribution in [0.3, 0.4) is 0 Å². The Labute approximate surface area is 163 Å². The minimum atomic E-state index is 0.394. The maximum Gasteiger partial charge on any atom is 0.162 e. The van der Waals surface area contributed by atoms with Gasteiger partial charge in [-0.15, -0.1) is 0 Å². The average Bonchev–Trinajstić information content (AvgIpc) is 3.51. The van der Waals surface area contributed by atoms with Gasteiger partial charge in [0.05, 0.1) is 13.2 Å². The van der Waals surface area contributed by atoms with E-state index in [0.717, 1.165) is 60.6 Å². The van der Waals surface area contributed by atoms with Gasteiger partial charge in [0.25, 0.3) is 0 Å². The van der Waals surface area contributed by atoms with Gasteiger partial charge in [0, 0.05) is 30.8 Å². The topological polar surface area (TPSA) is 76.2 Å². The van der Waals surface area contributed by atoms with Gasteiger partial charge >= 0.3 is 0 Å². The van der Waals surface area contributed by atoms with E-state index < -0.39 is 0 Å². The van der Waals surface area contributed by atoms with E-state index in [2.05, 4.69) is 43.3 Å². The van der Waals surface area contributed by atoms with Crippen molar-refractivity contribution in [2.75, 3.05) is 31.2 Å². The Morgan fingerprint density at radius 3 is 2.71 bits per heavy atom. The van der Waals surface area contributed by atoms with E-state index >= 15 is 0 Å². The number of aromatic amines is 1. The lowest BCUT2D eigenvalue weighted by atomic mass is 10.1. The van der Waals surface area contributed by atoms with Crippen molar-refractivity contribution in [2.45, 2.75) is 25.4 Å². The third kappa shape index (κ3) is 3.71. The molecule has 2 fully saturated rings. The van der Waals surface area contributed by atoms with Gasteiger partial charge in [-0.1, -0.05) is 12.1 Å². The molecule has 0 amide bonds. The van der Waals surface area contributed by atoms with Gasteiger partial charge in [-0.2, -0.15) is 5.10 Å². The molecule has 1 aliphatic carbocycles. The molecule has 1 N–H and O–H groups in total. The number of benzene rings is 1. The number of rotatable bonds is 6. The highest BCUT2D eigenvalue weighted by Gasteiger charge is 2.27. The molecular formula is C21H23N5O2. The number of ether oxygens (including phenoxy) is 2. The Morgan fingerprint density at radius 2 is 1.93 bits per heavy atom. The molecule has 0 atom stereocenters. The number of morpholine rings is 1. The summed E-state index contributed by atoms with van der Waals surface area (Å²) in [7, 11) is 0. The minimum absolute atomic E-state index is 0.394. The van der Waals surface area contributed by atoms with Crippen molar-refractivity contribution in [1.29, 1.82) is 0 Å². The monoisotopic (exact) mass is 377 g/mol. The van der Waals surface area contributed by atoms with Crippen LogP contribution in [0.1, 0.15) is 30.4 Å². The second-order valence-electron chi connectivity index (χ2n) is 7.20. The average molecular weight is 377 g/mol. The molecule has 7 nitrogen and oxygen atoms in total. The summed E-state index contributed by atoms with van der Waals surface area (Å²) in [6.07, 6.45) is 4.24. The molecule has 2 aromatic heterocycles. The first-order valence-electron chi connectivity index (χ1n) is 9.79. The molecule has 3 heterocycles. The zero-order valence-corrected chi connectivity index (χ0v) is 15.7. The van der Waals surface area contributed by atoms with E-state index in [1.54, 1.807) is 0 Å². The molecule has 1 aliphatic heterocycles. The molecule has 0 radical (unpaired) electrons. The Hall–Kier alpha value is -2.93. The number of hydrogen-bond donors (Lipinski definition) is 1. The van der Waals surface area contributed by atoms with Crippen LogP contribution in [0.5, 0.6) is 5.75 Å². The number of nitrogens with one attached hydrogen (secondary N) is 1. The van der Waals surface area contributed by atoms with E-state index in [1.807, 2.05) is 24.4 Å². The molecule has 0 spiro atoms. The molecule has 1 saturated heterocycles. The second kappa shape index (κ2) is 7.59. The van der Waals surface area contributed by atoms with Crippen LogP contribution in [0.15, 0.2) is 42.6 Å². The predicted octanol–water partition coefficient (Wildman–Crippen LogP) is 3.16. The first kappa shape index (κ1) is 17.2. The third-order valence-electron chi connectivity index (χ3n) is 5.13. The molecule has 2 aliphatic rings. The van der Waals surface area contributed by atoms with Gasteiger partial charge in [0.2, 0.25) is 0 Å². The highest BCUT2D eigenvalue weighted by atomic mass is 16.5. The first-order chi connectivity index (χ1) is 13.9. The van der Waals surface area contributed by atoms with Crippen molar-refractivity contribution in [1.82, 2.24) is 20.2 Å². The Morgan fingerprint density at radius 1 is 1.11 bits per heavy atom. The summed E-state index contributed by atoms with van der Waals surface area (Å²) in [6, 6.07) is 12.2. The predicted molar refractivity (Wildman–Crippen MR) is 105 cm³/mol. The summed E-state index contributed by atoms with van der Waals surface area (Å²) in [5, 5.41) is 7.23. The number of hydrogen-bond acceptors (Lipinski definition) is 6. The van der Waals surface area contributed by atoms with Crippen molar-refractivity contribution >= 4 is 5.82 Å². The minimum Gasteiger partial charge on any atom is -0.486 e. The summed E-state index contributed by atoms with van der Waals surface area (Å²) >= 11 is 0. The Balaban J connectivity index is 1.28. The van der Waals surface area contributed by atoms with E-state index in [1.165, 1.54) is 12.8 Å². The van der Waals surface area contributed by atoms with Crippen molar-refractivity contribution in [2.24, 2.45) is 0 Å². The van der Waals surface area contributed by atoms with Crippen LogP contribution in [0.2, 0.25) is 0 Å². The fraction of sp³-hybridized carbons (Fsp3) is 0.381. The SMILES string of the molecule is c1cnc(N2CCOCC2)c(-c2ccc(OCc3nc(C4CC4)n[nH]3)cc2)c1. The van der Waals surface area contributed by atoms with E-state index in [0.29, 0.717) is 12.5 Å². The van der Waals surface area contributed by atoms with Crippen LogP contribution in [-0.4, -0.2) is 46.5 Å². The van der Waals surface area contributed by atoms with Gasteiger partial charge in [0.1, 0.15) is 18.2 Å². The number of aromatic nitrogens is 4. The second-order valence-corrected chi connectivity index (χ2v) is 7.20. The Bertz CT molecular complexity index is 930. The maximum absolute atomic E-state index is 5.87. The first-order valence-corrected chi connectivity index (χ1v) is 9.79. The lowest BCUT2D eigenvalue weighted by Gasteiger charge is -2.29. The molecule has 0 unspecified atom stereocenters. The number of nitrogens with zero attached hydrogens (tertiary/aromatic N) is 4. The number of anilines is 1. The van der Waals surface area contributed by atoms with Crippen LogP contribution in [-0.2, 0) is 11.3 Å². The lowest BCUT2D eigenvalue weighted by Crippen LogP contribution is -2.37. The molecule has 3 aromatic rings. The molecule has 1 aromatic carbocycles. The van der Waals surface area contributed by atoms with Gasteiger partial charge in [-0.25, -0.2) is 9.97 Å². The fourth-order valence-corrected chi connectivity index (χ4v) is 3.43. The van der Waals surface area contributed by atoms with E-state index in [9.17, 15) is 0 Å². The lowest BCUT2D eigenvalue weighted by molar-refractivity contribution is 0.122. The van der Waals surface area contributed by atoms with E-state index in [4.69, 9.17) is 9.47 Å². The summed E-state index contributed by atoms with van der Waals surface area (Å²) in [5.41, 5.74) is 2.25. The van der Waals surface area contributed by atoms with Gasteiger partial charge in [0.15, 0.2) is 11.6 Å². The molecule has 7 heteroatoms. The van der Waals surface area contributed by atoms with Crippen LogP contribution in [0.4, 0.5) is 5.82 Å². The molecule has 1 saturated carbocycles. The highest BCUT2D eigenvalue weighted by Crippen LogP contribution is 2.37. The van der Waals surface area contributed by atoms with Crippen molar-refractivity contribution in [3.05, 3.63) is 54.2 Å². The molecule has 144 valence electrons. The van der Waals surface area contributed by atoms with Crippen LogP contribution in [0, 0.1) is 0 Å². The van der Waals surface area contributed by atoms with Gasteiger partial charge in [-0.05, 0) is 42.7 Å². The zero-order valence-electron chi connectivity index (χ0n) is 15.7. The smallest absolute Gasteiger partial charge is 0.162 e. The summed E-state index contributed by atoms with van der Waals surface area (Å²) in [4.78, 5) is 11.4. The zero-order chi connectivity index (χ0) is 18.8. The molecule has 0 bridgehead atoms. The largest absolute Gasteiger partial charge is 0.486 e. The van der Waals surface area contributed by atoms with E-state index in [-0.39, 0.29) is 0 Å². The number of H-pyrrole nitrogens is 1.